The van der Waals surface area contributed by atoms with Crippen molar-refractivity contribution in [2.24, 2.45) is 0 Å². The molecular weight excluding hydrogens is 370 g/mol. The number of anilines is 1. The van der Waals surface area contributed by atoms with Crippen molar-refractivity contribution in [3.8, 4) is 23.3 Å². The first-order chi connectivity index (χ1) is 14.1. The number of para-hydroxylation sites is 1. The number of phenols is 1. The number of hydrogen-bond donors (Lipinski definition) is 2. The van der Waals surface area contributed by atoms with Crippen LogP contribution in [-0.2, 0) is 4.79 Å². The fourth-order valence-electron chi connectivity index (χ4n) is 3.05. The second-order valence-corrected chi connectivity index (χ2v) is 6.35. The molecule has 0 saturated carbocycles. The zero-order chi connectivity index (χ0) is 20.4. The first kappa shape index (κ1) is 18.1. The summed E-state index contributed by atoms with van der Waals surface area (Å²) in [5.74, 6) is 0.559. The van der Waals surface area contributed by atoms with Crippen LogP contribution in [0.1, 0.15) is 17.2 Å². The number of nitriles is 1. The second-order valence-electron chi connectivity index (χ2n) is 6.35. The van der Waals surface area contributed by atoms with Gasteiger partial charge in [-0.1, -0.05) is 24.3 Å². The predicted octanol–water partition coefficient (Wildman–Crippen LogP) is 3.85. The summed E-state index contributed by atoms with van der Waals surface area (Å²) < 4.78 is 5.72. The van der Waals surface area contributed by atoms with Crippen LogP contribution >= 0.6 is 0 Å². The maximum Gasteiger partial charge on any atom is 0.329 e. The molecule has 29 heavy (non-hydrogen) atoms. The van der Waals surface area contributed by atoms with Crippen LogP contribution in [0.2, 0.25) is 0 Å². The Morgan fingerprint density at radius 2 is 1.66 bits per heavy atom. The minimum Gasteiger partial charge on any atom is -0.508 e. The van der Waals surface area contributed by atoms with Crippen molar-refractivity contribution < 1.29 is 19.4 Å². The highest BCUT2D eigenvalue weighted by Crippen LogP contribution is 2.31. The third-order valence-electron chi connectivity index (χ3n) is 4.49. The smallest absolute Gasteiger partial charge is 0.329 e. The lowest BCUT2D eigenvalue weighted by molar-refractivity contribution is -0.118. The van der Waals surface area contributed by atoms with Gasteiger partial charge in [0.25, 0.3) is 5.91 Å². The molecule has 0 spiro atoms. The minimum absolute atomic E-state index is 0.0796. The fourth-order valence-corrected chi connectivity index (χ4v) is 3.05. The quantitative estimate of drug-likeness (QED) is 0.664. The van der Waals surface area contributed by atoms with Gasteiger partial charge in [-0.05, 0) is 54.1 Å². The number of nitrogens with one attached hydrogen (secondary N) is 1. The van der Waals surface area contributed by atoms with Crippen molar-refractivity contribution in [1.29, 1.82) is 5.26 Å². The highest BCUT2D eigenvalue weighted by atomic mass is 16.5. The number of phenolic OH excluding ortho intramolecular Hbond substituents is 1. The topological polar surface area (TPSA) is 103 Å². The van der Waals surface area contributed by atoms with E-state index in [1.54, 1.807) is 60.7 Å². The van der Waals surface area contributed by atoms with Crippen molar-refractivity contribution in [3.63, 3.8) is 0 Å². The summed E-state index contributed by atoms with van der Waals surface area (Å²) in [4.78, 5) is 26.2. The highest BCUT2D eigenvalue weighted by Gasteiger charge is 2.39. The van der Waals surface area contributed by atoms with Gasteiger partial charge in [0, 0.05) is 0 Å². The zero-order valence-electron chi connectivity index (χ0n) is 15.1. The third kappa shape index (κ3) is 3.47. The number of nitrogens with zero attached hydrogens (tertiary/aromatic N) is 2. The Labute approximate surface area is 166 Å². The number of ether oxygens (including phenoxy) is 1. The molecule has 1 heterocycles. The fraction of sp³-hybridized carbons (Fsp3) is 0.0455. The van der Waals surface area contributed by atoms with Crippen LogP contribution in [0.25, 0.3) is 0 Å². The molecule has 4 rings (SSSR count). The van der Waals surface area contributed by atoms with Crippen LogP contribution in [0.4, 0.5) is 10.5 Å². The Bertz CT molecular complexity index is 1120. The second kappa shape index (κ2) is 7.37. The standard InChI is InChI=1S/C22H15N3O4/c23-13-15-3-1-2-4-19(15)29-18-11-7-16(8-12-18)25-21(27)20(24-22(25)28)14-5-9-17(26)10-6-14/h1-12,20,26H,(H,24,28). The Hall–Kier alpha value is -4.31. The summed E-state index contributed by atoms with van der Waals surface area (Å²) >= 11 is 0. The largest absolute Gasteiger partial charge is 0.508 e. The molecule has 0 aliphatic carbocycles. The average molecular weight is 385 g/mol. The van der Waals surface area contributed by atoms with Crippen LogP contribution in [0, 0.1) is 11.3 Å². The van der Waals surface area contributed by atoms with Crippen molar-refractivity contribution in [1.82, 2.24) is 5.32 Å². The predicted molar refractivity (Wildman–Crippen MR) is 105 cm³/mol. The van der Waals surface area contributed by atoms with Gasteiger partial charge in [-0.25, -0.2) is 9.69 Å². The van der Waals surface area contributed by atoms with Crippen LogP contribution in [0.5, 0.6) is 17.2 Å². The van der Waals surface area contributed by atoms with Gasteiger partial charge >= 0.3 is 6.03 Å². The number of aromatic hydroxyl groups is 1. The molecule has 1 aliphatic rings. The lowest BCUT2D eigenvalue weighted by Gasteiger charge is -2.14. The van der Waals surface area contributed by atoms with E-state index in [-0.39, 0.29) is 5.75 Å². The van der Waals surface area contributed by atoms with E-state index >= 15 is 0 Å². The molecule has 1 saturated heterocycles. The number of carbonyl (C=O) groups is 2. The molecule has 1 unspecified atom stereocenters. The minimum atomic E-state index is -0.818. The van der Waals surface area contributed by atoms with Crippen molar-refractivity contribution >= 4 is 17.6 Å². The molecule has 142 valence electrons. The normalized spacial score (nSPS) is 15.7. The third-order valence-corrected chi connectivity index (χ3v) is 4.49. The number of amides is 3. The Balaban J connectivity index is 1.54. The molecule has 2 N–H and O–H groups in total. The van der Waals surface area contributed by atoms with Crippen LogP contribution < -0.4 is 15.0 Å². The maximum absolute atomic E-state index is 12.8. The number of hydrogen-bond acceptors (Lipinski definition) is 5. The van der Waals surface area contributed by atoms with E-state index in [1.807, 2.05) is 0 Å². The van der Waals surface area contributed by atoms with Crippen LogP contribution in [0.15, 0.2) is 72.8 Å². The van der Waals surface area contributed by atoms with Gasteiger partial charge in [0.1, 0.15) is 29.4 Å². The Morgan fingerprint density at radius 1 is 0.966 bits per heavy atom. The first-order valence-corrected chi connectivity index (χ1v) is 8.77. The summed E-state index contributed by atoms with van der Waals surface area (Å²) in [5, 5.41) is 21.2. The molecule has 7 heteroatoms. The van der Waals surface area contributed by atoms with Gasteiger partial charge in [0.15, 0.2) is 0 Å². The summed E-state index contributed by atoms with van der Waals surface area (Å²) in [6, 6.07) is 20.1. The molecule has 0 aromatic heterocycles. The molecule has 3 aromatic rings. The van der Waals surface area contributed by atoms with E-state index < -0.39 is 18.0 Å². The van der Waals surface area contributed by atoms with Crippen molar-refractivity contribution in [3.05, 3.63) is 83.9 Å². The van der Waals surface area contributed by atoms with Gasteiger partial charge in [0.05, 0.1) is 11.3 Å². The van der Waals surface area contributed by atoms with E-state index in [1.165, 1.54) is 12.1 Å². The van der Waals surface area contributed by atoms with E-state index in [0.29, 0.717) is 28.3 Å². The lowest BCUT2D eigenvalue weighted by atomic mass is 10.1. The van der Waals surface area contributed by atoms with Crippen LogP contribution in [-0.4, -0.2) is 17.0 Å². The summed E-state index contributed by atoms with van der Waals surface area (Å²) in [7, 11) is 0. The van der Waals surface area contributed by atoms with Gasteiger partial charge in [0.2, 0.25) is 0 Å². The Kier molecular flexibility index (Phi) is 4.59. The number of carbonyl (C=O) groups excluding carboxylic acids is 2. The first-order valence-electron chi connectivity index (χ1n) is 8.77. The number of urea groups is 1. The van der Waals surface area contributed by atoms with Gasteiger partial charge in [-0.15, -0.1) is 0 Å². The maximum atomic E-state index is 12.8. The molecule has 1 atom stereocenters. The number of imide groups is 1. The highest BCUT2D eigenvalue weighted by molar-refractivity contribution is 6.21. The SMILES string of the molecule is N#Cc1ccccc1Oc1ccc(N2C(=O)NC(c3ccc(O)cc3)C2=O)cc1. The number of rotatable bonds is 4. The number of benzene rings is 3. The van der Waals surface area contributed by atoms with E-state index in [4.69, 9.17) is 10.00 Å². The molecule has 3 amide bonds. The summed E-state index contributed by atoms with van der Waals surface area (Å²) in [6.07, 6.45) is 0. The van der Waals surface area contributed by atoms with E-state index in [0.717, 1.165) is 4.90 Å². The zero-order valence-corrected chi connectivity index (χ0v) is 15.1. The van der Waals surface area contributed by atoms with Crippen LogP contribution in [0.3, 0.4) is 0 Å². The van der Waals surface area contributed by atoms with Crippen molar-refractivity contribution in [2.45, 2.75) is 6.04 Å². The molecule has 0 bridgehead atoms. The van der Waals surface area contributed by atoms with Gasteiger partial charge < -0.3 is 15.2 Å². The Morgan fingerprint density at radius 3 is 2.34 bits per heavy atom. The van der Waals surface area contributed by atoms with E-state index in [9.17, 15) is 14.7 Å². The lowest BCUT2D eigenvalue weighted by Crippen LogP contribution is -2.30. The van der Waals surface area contributed by atoms with Gasteiger partial charge in [-0.3, -0.25) is 4.79 Å². The molecule has 3 aromatic carbocycles. The summed E-state index contributed by atoms with van der Waals surface area (Å²) in [6.45, 7) is 0. The van der Waals surface area contributed by atoms with E-state index in [2.05, 4.69) is 11.4 Å². The van der Waals surface area contributed by atoms with Gasteiger partial charge in [-0.2, -0.15) is 5.26 Å². The molecule has 0 radical (unpaired) electrons. The monoisotopic (exact) mass is 385 g/mol. The summed E-state index contributed by atoms with van der Waals surface area (Å²) in [5.41, 5.74) is 1.38. The molecule has 1 fully saturated rings. The average Bonchev–Trinajstić information content (AvgIpc) is 3.04. The molecule has 1 aliphatic heterocycles. The molecule has 7 nitrogen and oxygen atoms in total. The van der Waals surface area contributed by atoms with Crippen molar-refractivity contribution in [2.75, 3.05) is 4.90 Å². The molecular formula is C22H15N3O4.